The Kier molecular flexibility index (Phi) is 5.55. The van der Waals surface area contributed by atoms with Gasteiger partial charge in [-0.05, 0) is 23.3 Å². The van der Waals surface area contributed by atoms with E-state index in [1.807, 2.05) is 66.7 Å². The second-order valence-corrected chi connectivity index (χ2v) is 5.06. The van der Waals surface area contributed by atoms with Crippen LogP contribution in [0, 0.1) is 0 Å². The van der Waals surface area contributed by atoms with E-state index >= 15 is 0 Å². The first kappa shape index (κ1) is 15.3. The molecule has 0 aromatic heterocycles. The fraction of sp³-hybridized carbons (Fsp3) is 0.118. The Morgan fingerprint density at radius 1 is 1.10 bits per heavy atom. The maximum atomic E-state index is 11.1. The van der Waals surface area contributed by atoms with Crippen LogP contribution in [0.5, 0.6) is 0 Å². The van der Waals surface area contributed by atoms with Crippen molar-refractivity contribution >= 4 is 23.6 Å². The first-order valence-corrected chi connectivity index (χ1v) is 7.04. The van der Waals surface area contributed by atoms with Crippen LogP contribution >= 0.6 is 11.6 Å². The van der Waals surface area contributed by atoms with Gasteiger partial charge in [-0.1, -0.05) is 66.2 Å². The van der Waals surface area contributed by atoms with Crippen molar-refractivity contribution in [3.63, 3.8) is 0 Å². The lowest BCUT2D eigenvalue weighted by molar-refractivity contribution is -0.120. The molecule has 2 aromatic carbocycles. The summed E-state index contributed by atoms with van der Waals surface area (Å²) in [7, 11) is 0. The van der Waals surface area contributed by atoms with Crippen LogP contribution in [-0.2, 0) is 4.79 Å². The predicted octanol–water partition coefficient (Wildman–Crippen LogP) is 3.74. The highest BCUT2D eigenvalue weighted by Crippen LogP contribution is 2.16. The van der Waals surface area contributed by atoms with Crippen LogP contribution in [0.15, 0.2) is 60.7 Å². The summed E-state index contributed by atoms with van der Waals surface area (Å²) in [5.74, 6) is -0.129. The van der Waals surface area contributed by atoms with Crippen LogP contribution in [-0.4, -0.2) is 5.91 Å². The highest BCUT2D eigenvalue weighted by atomic mass is 35.5. The van der Waals surface area contributed by atoms with Crippen molar-refractivity contribution in [3.05, 3.63) is 76.8 Å². The molecule has 0 aliphatic rings. The van der Waals surface area contributed by atoms with E-state index in [9.17, 15) is 4.79 Å². The summed E-state index contributed by atoms with van der Waals surface area (Å²) < 4.78 is 0. The van der Waals surface area contributed by atoms with Crippen LogP contribution in [0.2, 0.25) is 5.02 Å². The number of carbonyl (C=O) groups excluding carboxylic acids is 1. The molecule has 4 heteroatoms. The molecule has 0 aliphatic heterocycles. The van der Waals surface area contributed by atoms with Crippen molar-refractivity contribution in [2.45, 2.75) is 13.0 Å². The van der Waals surface area contributed by atoms with Crippen LogP contribution < -0.4 is 10.9 Å². The first-order valence-electron chi connectivity index (χ1n) is 6.66. The molecule has 0 saturated carbocycles. The Hall–Kier alpha value is -2.10. The smallest absolute Gasteiger partial charge is 0.230 e. The Labute approximate surface area is 129 Å². The molecule has 0 aliphatic carbocycles. The second kappa shape index (κ2) is 7.62. The number of hydrogen-bond acceptors (Lipinski definition) is 2. The molecule has 108 valence electrons. The lowest BCUT2D eigenvalue weighted by atomic mass is 10.1. The van der Waals surface area contributed by atoms with Gasteiger partial charge in [-0.25, -0.2) is 5.43 Å². The van der Waals surface area contributed by atoms with Crippen LogP contribution in [0.3, 0.4) is 0 Å². The minimum absolute atomic E-state index is 0.106. The number of halogens is 1. The molecule has 2 aromatic rings. The molecule has 0 fully saturated rings. The molecule has 3 nitrogen and oxygen atoms in total. The van der Waals surface area contributed by atoms with Gasteiger partial charge in [0.25, 0.3) is 0 Å². The van der Waals surface area contributed by atoms with E-state index in [0.29, 0.717) is 5.02 Å². The lowest BCUT2D eigenvalue weighted by Gasteiger charge is -2.15. The monoisotopic (exact) mass is 300 g/mol. The fourth-order valence-electron chi connectivity index (χ4n) is 1.86. The summed E-state index contributed by atoms with van der Waals surface area (Å²) in [6.07, 6.45) is 3.98. The Morgan fingerprint density at radius 3 is 2.38 bits per heavy atom. The zero-order valence-corrected chi connectivity index (χ0v) is 12.5. The molecule has 0 heterocycles. The Balaban J connectivity index is 2.15. The van der Waals surface area contributed by atoms with Gasteiger partial charge < -0.3 is 0 Å². The highest BCUT2D eigenvalue weighted by molar-refractivity contribution is 6.30. The molecule has 2 N–H and O–H groups in total. The molecule has 0 unspecified atom stereocenters. The van der Waals surface area contributed by atoms with Gasteiger partial charge in [0, 0.05) is 11.9 Å². The van der Waals surface area contributed by atoms with Gasteiger partial charge in [0.1, 0.15) is 0 Å². The number of carbonyl (C=O) groups is 1. The fourth-order valence-corrected chi connectivity index (χ4v) is 1.99. The van der Waals surface area contributed by atoms with Gasteiger partial charge in [-0.3, -0.25) is 10.2 Å². The van der Waals surface area contributed by atoms with E-state index in [-0.39, 0.29) is 11.9 Å². The largest absolute Gasteiger partial charge is 0.291 e. The van der Waals surface area contributed by atoms with Gasteiger partial charge in [0.05, 0.1) is 6.04 Å². The van der Waals surface area contributed by atoms with E-state index in [2.05, 4.69) is 10.9 Å². The third-order valence-electron chi connectivity index (χ3n) is 2.91. The van der Waals surface area contributed by atoms with E-state index < -0.39 is 0 Å². The first-order chi connectivity index (χ1) is 10.1. The molecule has 21 heavy (non-hydrogen) atoms. The van der Waals surface area contributed by atoms with Gasteiger partial charge in [0.2, 0.25) is 5.91 Å². The molecule has 0 bridgehead atoms. The number of benzene rings is 2. The minimum atomic E-state index is -0.129. The number of nitrogens with one attached hydrogen (secondary N) is 2. The van der Waals surface area contributed by atoms with E-state index in [0.717, 1.165) is 11.1 Å². The molecule has 1 atom stereocenters. The average molecular weight is 301 g/mol. The quantitative estimate of drug-likeness (QED) is 0.826. The molecule has 0 radical (unpaired) electrons. The molecule has 0 spiro atoms. The van der Waals surface area contributed by atoms with Crippen molar-refractivity contribution < 1.29 is 4.79 Å². The lowest BCUT2D eigenvalue weighted by Crippen LogP contribution is -2.37. The van der Waals surface area contributed by atoms with Crippen LogP contribution in [0.1, 0.15) is 24.1 Å². The number of hydrazine groups is 1. The van der Waals surface area contributed by atoms with E-state index in [1.165, 1.54) is 6.92 Å². The zero-order valence-electron chi connectivity index (χ0n) is 11.7. The Bertz CT molecular complexity index is 608. The van der Waals surface area contributed by atoms with Gasteiger partial charge in [0.15, 0.2) is 0 Å². The topological polar surface area (TPSA) is 41.1 Å². The minimum Gasteiger partial charge on any atom is -0.291 e. The SMILES string of the molecule is CC(=O)NN[C@H](/C=C/c1ccc(Cl)cc1)c1ccccc1. The predicted molar refractivity (Wildman–Crippen MR) is 86.6 cm³/mol. The van der Waals surface area contributed by atoms with Crippen molar-refractivity contribution in [2.24, 2.45) is 0 Å². The normalized spacial score (nSPS) is 12.3. The van der Waals surface area contributed by atoms with Crippen LogP contribution in [0.4, 0.5) is 0 Å². The molecular formula is C17H17ClN2O. The maximum absolute atomic E-state index is 11.1. The standard InChI is InChI=1S/C17H17ClN2O/c1-13(21)19-20-17(15-5-3-2-4-6-15)12-9-14-7-10-16(18)11-8-14/h2-12,17,20H,1H3,(H,19,21)/b12-9+/t17-/m1/s1. The molecule has 2 rings (SSSR count). The maximum Gasteiger partial charge on any atom is 0.230 e. The summed E-state index contributed by atoms with van der Waals surface area (Å²) in [6.45, 7) is 1.47. The summed E-state index contributed by atoms with van der Waals surface area (Å²) in [4.78, 5) is 11.1. The summed E-state index contributed by atoms with van der Waals surface area (Å²) in [5, 5.41) is 0.711. The summed E-state index contributed by atoms with van der Waals surface area (Å²) >= 11 is 5.87. The summed E-state index contributed by atoms with van der Waals surface area (Å²) in [5.41, 5.74) is 7.75. The molecular weight excluding hydrogens is 284 g/mol. The van der Waals surface area contributed by atoms with Crippen molar-refractivity contribution in [3.8, 4) is 0 Å². The van der Waals surface area contributed by atoms with Gasteiger partial charge >= 0.3 is 0 Å². The zero-order chi connectivity index (χ0) is 15.1. The number of amides is 1. The summed E-state index contributed by atoms with van der Waals surface area (Å²) in [6, 6.07) is 17.4. The van der Waals surface area contributed by atoms with Crippen LogP contribution in [0.25, 0.3) is 6.08 Å². The number of hydrogen-bond donors (Lipinski definition) is 2. The second-order valence-electron chi connectivity index (χ2n) is 4.62. The third kappa shape index (κ3) is 5.06. The van der Waals surface area contributed by atoms with E-state index in [1.54, 1.807) is 0 Å². The van der Waals surface area contributed by atoms with Gasteiger partial charge in [-0.2, -0.15) is 0 Å². The number of rotatable bonds is 5. The van der Waals surface area contributed by atoms with Crippen molar-refractivity contribution in [1.29, 1.82) is 0 Å². The molecule has 1 amide bonds. The molecule has 0 saturated heterocycles. The highest BCUT2D eigenvalue weighted by Gasteiger charge is 2.07. The third-order valence-corrected chi connectivity index (χ3v) is 3.17. The van der Waals surface area contributed by atoms with Gasteiger partial charge in [-0.15, -0.1) is 0 Å². The van der Waals surface area contributed by atoms with E-state index in [4.69, 9.17) is 11.6 Å². The van der Waals surface area contributed by atoms with Crippen molar-refractivity contribution in [1.82, 2.24) is 10.9 Å². The van der Waals surface area contributed by atoms with Crippen molar-refractivity contribution in [2.75, 3.05) is 0 Å². The average Bonchev–Trinajstić information content (AvgIpc) is 2.50. The Morgan fingerprint density at radius 2 is 1.76 bits per heavy atom.